The number of phosphoric acid groups is 1. The zero-order valence-electron chi connectivity index (χ0n) is 36.1. The quantitative estimate of drug-likeness (QED) is 0.0242. The maximum Gasteiger partial charge on any atom is 0.472 e. The molecule has 0 radical (unpaired) electrons. The third kappa shape index (κ3) is 45.1. The Morgan fingerprint density at radius 1 is 0.525 bits per heavy atom. The van der Waals surface area contributed by atoms with Gasteiger partial charge in [-0.2, -0.15) is 0 Å². The second kappa shape index (κ2) is 43.7. The molecule has 0 saturated heterocycles. The number of hydrogen-bond donors (Lipinski definition) is 3. The van der Waals surface area contributed by atoms with Crippen LogP contribution in [0.3, 0.4) is 0 Å². The Labute approximate surface area is 357 Å². The van der Waals surface area contributed by atoms with Gasteiger partial charge in [-0.15, -0.1) is 0 Å². The highest BCUT2D eigenvalue weighted by Crippen LogP contribution is 2.42. The summed E-state index contributed by atoms with van der Waals surface area (Å²) in [6.45, 7) is 3.16. The number of nitrogens with one attached hydrogen (secondary N) is 1. The van der Waals surface area contributed by atoms with E-state index in [0.29, 0.717) is 12.8 Å². The van der Waals surface area contributed by atoms with Crippen LogP contribution in [0.4, 0.5) is 0 Å². The summed E-state index contributed by atoms with van der Waals surface area (Å²) in [6.07, 6.45) is 61.1. The second-order valence-corrected chi connectivity index (χ2v) is 15.0. The molecule has 330 valence electrons. The van der Waals surface area contributed by atoms with Crippen LogP contribution in [0.15, 0.2) is 134 Å². The van der Waals surface area contributed by atoms with Gasteiger partial charge in [0, 0.05) is 19.4 Å². The van der Waals surface area contributed by atoms with Crippen LogP contribution in [0.1, 0.15) is 129 Å². The molecule has 0 bridgehead atoms. The number of allylic oxidation sites excluding steroid dienone is 22. The summed E-state index contributed by atoms with van der Waals surface area (Å²) in [7, 11) is -4.45. The number of phosphoric ester groups is 1. The monoisotopic (exact) mass is 838 g/mol. The van der Waals surface area contributed by atoms with Crippen LogP contribution in [0, 0.1) is 0 Å². The molecule has 0 aliphatic carbocycles. The molecule has 0 aromatic carbocycles. The predicted octanol–water partition coefficient (Wildman–Crippen LogP) is 12.3. The molecule has 0 saturated carbocycles. The largest absolute Gasteiger partial charge is 0.472 e. The molecule has 2 atom stereocenters. The van der Waals surface area contributed by atoms with Crippen molar-refractivity contribution in [2.24, 2.45) is 0 Å². The lowest BCUT2D eigenvalue weighted by Gasteiger charge is -2.15. The van der Waals surface area contributed by atoms with Gasteiger partial charge in [0.25, 0.3) is 0 Å². The van der Waals surface area contributed by atoms with Crippen molar-refractivity contribution in [1.29, 1.82) is 0 Å². The topological polar surface area (TPSA) is 131 Å². The minimum atomic E-state index is -4.45. The lowest BCUT2D eigenvalue weighted by Crippen LogP contribution is -2.27. The molecule has 2 unspecified atom stereocenters. The number of carbonyl (C=O) groups excluding carboxylic acids is 2. The molecule has 10 heteroatoms. The summed E-state index contributed by atoms with van der Waals surface area (Å²) < 4.78 is 26.8. The van der Waals surface area contributed by atoms with E-state index in [0.717, 1.165) is 96.3 Å². The normalized spacial score (nSPS) is 14.6. The van der Waals surface area contributed by atoms with Crippen LogP contribution < -0.4 is 5.32 Å². The summed E-state index contributed by atoms with van der Waals surface area (Å²) >= 11 is 0. The number of aliphatic hydroxyl groups excluding tert-OH is 1. The van der Waals surface area contributed by atoms with E-state index >= 15 is 0 Å². The number of esters is 1. The van der Waals surface area contributed by atoms with Gasteiger partial charge < -0.3 is 20.1 Å². The third-order valence-electron chi connectivity index (χ3n) is 8.08. The number of ether oxygens (including phenoxy) is 1. The highest BCUT2D eigenvalue weighted by atomic mass is 31.2. The van der Waals surface area contributed by atoms with Gasteiger partial charge in [-0.25, -0.2) is 4.57 Å². The van der Waals surface area contributed by atoms with Crippen LogP contribution in [0.2, 0.25) is 0 Å². The number of unbranched alkanes of at least 4 members (excludes halogenated alkanes) is 3. The Morgan fingerprint density at radius 3 is 1.34 bits per heavy atom. The molecule has 1 amide bonds. The lowest BCUT2D eigenvalue weighted by molar-refractivity contribution is -0.147. The smallest absolute Gasteiger partial charge is 0.463 e. The van der Waals surface area contributed by atoms with Crippen LogP contribution in [-0.2, 0) is 27.9 Å². The van der Waals surface area contributed by atoms with E-state index in [9.17, 15) is 24.2 Å². The van der Waals surface area contributed by atoms with Crippen molar-refractivity contribution < 1.29 is 37.9 Å². The molecular formula is C49H76NO8P. The number of aliphatic hydroxyl groups is 1. The van der Waals surface area contributed by atoms with Gasteiger partial charge >= 0.3 is 13.8 Å². The minimum absolute atomic E-state index is 0.0431. The van der Waals surface area contributed by atoms with Gasteiger partial charge in [0.15, 0.2) is 0 Å². The molecule has 0 aliphatic rings. The SMILES string of the molecule is CC/C=C\C/C=C\C/C=C\C/C=C\C/C=C\C/C=C\C/C=C\CCCC(=O)OCC(O)COP(=O)(O)OCCNC(=O)CCCC/C=C\C/C=C\C/C=C\C/C=C\CC. The summed E-state index contributed by atoms with van der Waals surface area (Å²) in [5.74, 6) is -0.634. The zero-order chi connectivity index (χ0) is 43.2. The first-order chi connectivity index (χ1) is 28.8. The highest BCUT2D eigenvalue weighted by Gasteiger charge is 2.23. The summed E-state index contributed by atoms with van der Waals surface area (Å²) in [6, 6.07) is 0. The fourth-order valence-electron chi connectivity index (χ4n) is 4.89. The van der Waals surface area contributed by atoms with E-state index in [1.807, 2.05) is 6.08 Å². The summed E-state index contributed by atoms with van der Waals surface area (Å²) in [5, 5.41) is 12.7. The minimum Gasteiger partial charge on any atom is -0.463 e. The summed E-state index contributed by atoms with van der Waals surface area (Å²) in [5.41, 5.74) is 0. The first-order valence-corrected chi connectivity index (χ1v) is 23.2. The van der Waals surface area contributed by atoms with Crippen LogP contribution in [0.25, 0.3) is 0 Å². The molecule has 59 heavy (non-hydrogen) atoms. The second-order valence-electron chi connectivity index (χ2n) is 13.5. The van der Waals surface area contributed by atoms with Crippen molar-refractivity contribution in [3.8, 4) is 0 Å². The van der Waals surface area contributed by atoms with Crippen LogP contribution >= 0.6 is 7.82 Å². The van der Waals surface area contributed by atoms with Gasteiger partial charge in [-0.05, 0) is 103 Å². The number of amides is 1. The van der Waals surface area contributed by atoms with Crippen LogP contribution in [0.5, 0.6) is 0 Å². The third-order valence-corrected chi connectivity index (χ3v) is 9.06. The van der Waals surface area contributed by atoms with E-state index in [1.54, 1.807) is 0 Å². The maximum absolute atomic E-state index is 12.1. The van der Waals surface area contributed by atoms with E-state index in [1.165, 1.54) is 0 Å². The maximum atomic E-state index is 12.1. The first-order valence-electron chi connectivity index (χ1n) is 21.7. The van der Waals surface area contributed by atoms with Gasteiger partial charge in [-0.1, -0.05) is 148 Å². The molecule has 0 aromatic rings. The van der Waals surface area contributed by atoms with Crippen molar-refractivity contribution in [3.63, 3.8) is 0 Å². The lowest BCUT2D eigenvalue weighted by atomic mass is 10.1. The fourth-order valence-corrected chi connectivity index (χ4v) is 5.64. The van der Waals surface area contributed by atoms with Gasteiger partial charge in [-0.3, -0.25) is 18.6 Å². The van der Waals surface area contributed by atoms with Gasteiger partial charge in [0.1, 0.15) is 12.7 Å². The average molecular weight is 838 g/mol. The number of rotatable bonds is 38. The van der Waals surface area contributed by atoms with Crippen molar-refractivity contribution in [3.05, 3.63) is 134 Å². The molecule has 3 N–H and O–H groups in total. The highest BCUT2D eigenvalue weighted by molar-refractivity contribution is 7.47. The average Bonchev–Trinajstić information content (AvgIpc) is 3.22. The number of carbonyl (C=O) groups is 2. The number of hydrogen-bond acceptors (Lipinski definition) is 7. The Kier molecular flexibility index (Phi) is 40.9. The standard InChI is InChI=1S/C49H76NO8P/c1-3-5-7-9-11-13-15-17-19-20-21-22-23-24-25-26-28-30-32-34-36-38-40-42-49(53)56-45-47(51)46-58-59(54,55)57-44-43-50-48(52)41-39-37-35-33-31-29-27-18-16-14-12-10-8-6-4-2/h5-8,11-14,17-19,21-22,24-25,27-28,30-31,33-34,36,47,51H,3-4,9-10,15-16,20,23,26,29,32,35,37-46H2,1-2H3,(H,50,52)(H,54,55)/b7-5-,8-6-,13-11-,14-12-,19-17-,22-21-,25-24-,27-18-,30-28-,33-31-,36-34-. The first kappa shape index (κ1) is 55.2. The van der Waals surface area contributed by atoms with Gasteiger partial charge in [0.05, 0.1) is 13.2 Å². The Hall–Kier alpha value is -3.85. The van der Waals surface area contributed by atoms with Crippen molar-refractivity contribution in [2.75, 3.05) is 26.4 Å². The molecule has 0 fully saturated rings. The van der Waals surface area contributed by atoms with Crippen molar-refractivity contribution >= 4 is 19.7 Å². The van der Waals surface area contributed by atoms with Gasteiger partial charge in [0.2, 0.25) is 5.91 Å². The Balaban J connectivity index is 3.80. The predicted molar refractivity (Wildman–Crippen MR) is 247 cm³/mol. The molecule has 0 aliphatic heterocycles. The molecule has 0 heterocycles. The van der Waals surface area contributed by atoms with Crippen molar-refractivity contribution in [1.82, 2.24) is 5.32 Å². The zero-order valence-corrected chi connectivity index (χ0v) is 37.0. The Morgan fingerprint density at radius 2 is 0.915 bits per heavy atom. The molecule has 0 spiro atoms. The van der Waals surface area contributed by atoms with Crippen LogP contribution in [-0.4, -0.2) is 54.3 Å². The molecular weight excluding hydrogens is 762 g/mol. The van der Waals surface area contributed by atoms with E-state index in [-0.39, 0.29) is 32.1 Å². The fraction of sp³-hybridized carbons (Fsp3) is 0.510. The van der Waals surface area contributed by atoms with E-state index < -0.39 is 26.5 Å². The Bertz CT molecular complexity index is 1420. The van der Waals surface area contributed by atoms with E-state index in [2.05, 4.69) is 147 Å². The molecule has 0 rings (SSSR count). The van der Waals surface area contributed by atoms with E-state index in [4.69, 9.17) is 13.8 Å². The van der Waals surface area contributed by atoms with Crippen molar-refractivity contribution in [2.45, 2.75) is 136 Å². The summed E-state index contributed by atoms with van der Waals surface area (Å²) in [4.78, 5) is 33.9. The molecule has 0 aromatic heterocycles. The molecule has 9 nitrogen and oxygen atoms in total.